The Hall–Kier alpha value is -1.53. The first-order chi connectivity index (χ1) is 17.0. The predicted molar refractivity (Wildman–Crippen MR) is 72.1 cm³/mol. The van der Waals surface area contributed by atoms with Crippen molar-refractivity contribution >= 4 is 7.88 Å². The number of alkyl halides is 26. The standard InChI is InChI=1S/C12HF28P/c13-1(8(26,27)28,9(29,30)31)2(14,15)11(35,36)41(39,40)12(37,38)7(24,25)5(20,21)3(16,17)4(18,19)6(22,23)10(32,33)34/h41H. The summed E-state index contributed by atoms with van der Waals surface area (Å²) in [5.41, 5.74) is -28.6. The quantitative estimate of drug-likeness (QED) is 0.165. The fourth-order valence-electron chi connectivity index (χ4n) is 2.29. The van der Waals surface area contributed by atoms with Crippen molar-refractivity contribution < 1.29 is 123 Å². The summed E-state index contributed by atoms with van der Waals surface area (Å²) in [5.74, 6) is -56.4. The number of rotatable bonds is 9. The van der Waals surface area contributed by atoms with Gasteiger partial charge in [0.25, 0.3) is 0 Å². The van der Waals surface area contributed by atoms with E-state index >= 15 is 0 Å². The van der Waals surface area contributed by atoms with E-state index in [4.69, 9.17) is 0 Å². The molecule has 0 aromatic carbocycles. The molecule has 0 aliphatic rings. The summed E-state index contributed by atoms with van der Waals surface area (Å²) < 4.78 is 362. The molecule has 0 nitrogen and oxygen atoms in total. The van der Waals surface area contributed by atoms with Gasteiger partial charge in [-0.1, -0.05) is 0 Å². The summed E-state index contributed by atoms with van der Waals surface area (Å²) >= 11 is 0. The average Bonchev–Trinajstić information content (AvgIpc) is 2.69. The zero-order valence-electron chi connectivity index (χ0n) is 17.1. The summed E-state index contributed by atoms with van der Waals surface area (Å²) in [6.07, 6.45) is -25.6. The second-order valence-electron chi connectivity index (χ2n) is 7.32. The number of halogens is 28. The fourth-order valence-corrected chi connectivity index (χ4v) is 3.80. The van der Waals surface area contributed by atoms with E-state index in [1.165, 1.54) is 0 Å². The van der Waals surface area contributed by atoms with Crippen molar-refractivity contribution in [3.8, 4) is 0 Å². The third-order valence-corrected chi connectivity index (χ3v) is 6.93. The van der Waals surface area contributed by atoms with Crippen molar-refractivity contribution in [2.24, 2.45) is 0 Å². The molecule has 0 fully saturated rings. The van der Waals surface area contributed by atoms with Gasteiger partial charge in [0.1, 0.15) is 0 Å². The van der Waals surface area contributed by atoms with Crippen molar-refractivity contribution in [1.29, 1.82) is 0 Å². The maximum absolute atomic E-state index is 13.6. The Labute approximate surface area is 203 Å². The third-order valence-electron chi connectivity index (χ3n) is 4.72. The summed E-state index contributed by atoms with van der Waals surface area (Å²) in [4.78, 5) is 0. The van der Waals surface area contributed by atoms with Crippen molar-refractivity contribution in [3.63, 3.8) is 0 Å². The van der Waals surface area contributed by atoms with Crippen LogP contribution in [0.5, 0.6) is 0 Å². The SMILES string of the molecule is FC(F)(F)C(F)(F)C(F)(F)C(F)(F)C(F)(F)C(F)(F)C(F)(F)[PH](F)(F)C(F)(F)C(F)(F)C(F)(C(F)(F)F)C(F)(F)F. The Bertz CT molecular complexity index is 942. The van der Waals surface area contributed by atoms with E-state index in [0.717, 1.165) is 0 Å². The van der Waals surface area contributed by atoms with Crippen LogP contribution in [0.3, 0.4) is 0 Å². The predicted octanol–water partition coefficient (Wildman–Crippen LogP) is 9.90. The van der Waals surface area contributed by atoms with Gasteiger partial charge in [-0.25, -0.2) is 0 Å². The number of hydrogen-bond acceptors (Lipinski definition) is 0. The van der Waals surface area contributed by atoms with Crippen LogP contribution in [0, 0.1) is 0 Å². The van der Waals surface area contributed by atoms with Gasteiger partial charge in [-0.3, -0.25) is 0 Å². The van der Waals surface area contributed by atoms with Crippen LogP contribution in [0.1, 0.15) is 0 Å². The minimum atomic E-state index is -11.9. The Morgan fingerprint density at radius 2 is 0.463 bits per heavy atom. The summed E-state index contributed by atoms with van der Waals surface area (Å²) in [6.45, 7) is 0. The maximum atomic E-state index is 13.6. The van der Waals surface area contributed by atoms with Crippen LogP contribution in [0.25, 0.3) is 0 Å². The molecule has 0 saturated heterocycles. The molecule has 0 amide bonds. The minimum absolute atomic E-state index is 8.25. The van der Waals surface area contributed by atoms with Gasteiger partial charge < -0.3 is 0 Å². The van der Waals surface area contributed by atoms with E-state index in [9.17, 15) is 123 Å². The van der Waals surface area contributed by atoms with Crippen LogP contribution in [0.4, 0.5) is 123 Å². The second-order valence-corrected chi connectivity index (χ2v) is 9.73. The Balaban J connectivity index is 7.55. The molecule has 0 rings (SSSR count). The monoisotopic (exact) mass is 708 g/mol. The van der Waals surface area contributed by atoms with E-state index in [-0.39, 0.29) is 0 Å². The molecule has 0 unspecified atom stereocenters. The van der Waals surface area contributed by atoms with Gasteiger partial charge in [0.2, 0.25) is 0 Å². The van der Waals surface area contributed by atoms with Gasteiger partial charge in [0, 0.05) is 0 Å². The van der Waals surface area contributed by atoms with Crippen LogP contribution in [0.2, 0.25) is 0 Å². The van der Waals surface area contributed by atoms with Crippen LogP contribution < -0.4 is 0 Å². The molecule has 0 atom stereocenters. The zero-order chi connectivity index (χ0) is 34.5. The first-order valence-corrected chi connectivity index (χ1v) is 10.0. The van der Waals surface area contributed by atoms with Crippen LogP contribution in [0.15, 0.2) is 0 Å². The first-order valence-electron chi connectivity index (χ1n) is 8.29. The van der Waals surface area contributed by atoms with Crippen molar-refractivity contribution in [3.05, 3.63) is 0 Å². The molecule has 0 N–H and O–H groups in total. The zero-order valence-corrected chi connectivity index (χ0v) is 18.1. The van der Waals surface area contributed by atoms with Gasteiger partial charge in [-0.15, -0.1) is 0 Å². The van der Waals surface area contributed by atoms with Crippen LogP contribution in [-0.4, -0.2) is 71.1 Å². The molecule has 0 saturated carbocycles. The van der Waals surface area contributed by atoms with Gasteiger partial charge in [0.15, 0.2) is 0 Å². The van der Waals surface area contributed by atoms with E-state index in [1.54, 1.807) is 0 Å². The Morgan fingerprint density at radius 3 is 0.707 bits per heavy atom. The third kappa shape index (κ3) is 4.51. The van der Waals surface area contributed by atoms with E-state index < -0.39 is 78.9 Å². The molecule has 0 heterocycles. The Morgan fingerprint density at radius 1 is 0.244 bits per heavy atom. The summed E-state index contributed by atoms with van der Waals surface area (Å²) in [6, 6.07) is 0. The normalized spacial score (nSPS) is 17.7. The average molecular weight is 708 g/mol. The molecule has 0 aromatic heterocycles. The van der Waals surface area contributed by atoms with Crippen LogP contribution >= 0.6 is 7.88 Å². The molecule has 0 aliphatic carbocycles. The molecule has 29 heteroatoms. The van der Waals surface area contributed by atoms with E-state index in [2.05, 4.69) is 0 Å². The Kier molecular flexibility index (Phi) is 8.89. The topological polar surface area (TPSA) is 0 Å². The molecular formula is C12HF28P. The molecule has 250 valence electrons. The van der Waals surface area contributed by atoms with E-state index in [1.807, 2.05) is 0 Å². The van der Waals surface area contributed by atoms with Gasteiger partial charge >= 0.3 is 201 Å². The van der Waals surface area contributed by atoms with Gasteiger partial charge in [0.05, 0.1) is 0 Å². The molecule has 0 aliphatic heterocycles. The fraction of sp³-hybridized carbons (Fsp3) is 1.00. The van der Waals surface area contributed by atoms with Crippen molar-refractivity contribution in [1.82, 2.24) is 0 Å². The van der Waals surface area contributed by atoms with Crippen molar-refractivity contribution in [2.75, 3.05) is 0 Å². The van der Waals surface area contributed by atoms with Gasteiger partial charge in [-0.05, 0) is 0 Å². The molecule has 0 bridgehead atoms. The van der Waals surface area contributed by atoms with Crippen molar-refractivity contribution in [2.45, 2.75) is 71.1 Å². The second kappa shape index (κ2) is 9.24. The summed E-state index contributed by atoms with van der Waals surface area (Å²) in [5, 5.41) is 0. The first kappa shape index (κ1) is 39.5. The molecule has 0 aromatic rings. The molecule has 0 radical (unpaired) electrons. The number of hydrogen-bond donors (Lipinski definition) is 0. The van der Waals surface area contributed by atoms with Crippen LogP contribution in [-0.2, 0) is 0 Å². The van der Waals surface area contributed by atoms with E-state index in [0.29, 0.717) is 0 Å². The summed E-state index contributed by atoms with van der Waals surface area (Å²) in [7, 11) is -11.9. The molecular weight excluding hydrogens is 707 g/mol. The van der Waals surface area contributed by atoms with Gasteiger partial charge in [-0.2, -0.15) is 0 Å². The molecule has 41 heavy (non-hydrogen) atoms. The molecule has 0 spiro atoms.